The summed E-state index contributed by atoms with van der Waals surface area (Å²) >= 11 is 0. The van der Waals surface area contributed by atoms with Crippen molar-refractivity contribution >= 4 is 0 Å². The van der Waals surface area contributed by atoms with E-state index in [1.165, 1.54) is 19.4 Å². The van der Waals surface area contributed by atoms with Crippen molar-refractivity contribution in [3.8, 4) is 0 Å². The van der Waals surface area contributed by atoms with Gasteiger partial charge in [0.1, 0.15) is 0 Å². The quantitative estimate of drug-likeness (QED) is 0.782. The second-order valence-electron chi connectivity index (χ2n) is 6.72. The van der Waals surface area contributed by atoms with E-state index in [0.717, 1.165) is 25.6 Å². The lowest BCUT2D eigenvalue weighted by atomic mass is 9.93. The van der Waals surface area contributed by atoms with E-state index in [4.69, 9.17) is 5.73 Å². The molecular formula is C13H27N3. The molecule has 3 heteroatoms. The monoisotopic (exact) mass is 225 g/mol. The number of rotatable bonds is 3. The lowest BCUT2D eigenvalue weighted by molar-refractivity contribution is 0.0280. The molecule has 0 bridgehead atoms. The molecule has 2 rings (SSSR count). The van der Waals surface area contributed by atoms with Crippen LogP contribution in [0.25, 0.3) is 0 Å². The summed E-state index contributed by atoms with van der Waals surface area (Å²) < 4.78 is 0. The topological polar surface area (TPSA) is 32.5 Å². The summed E-state index contributed by atoms with van der Waals surface area (Å²) in [5.74, 6) is 0.773. The molecule has 1 unspecified atom stereocenters. The molecule has 1 atom stereocenters. The first-order chi connectivity index (χ1) is 7.31. The van der Waals surface area contributed by atoms with Crippen molar-refractivity contribution in [2.75, 3.05) is 33.2 Å². The number of hydrogen-bond acceptors (Lipinski definition) is 3. The minimum atomic E-state index is 0.0337. The van der Waals surface area contributed by atoms with Crippen LogP contribution in [0.1, 0.15) is 33.6 Å². The highest BCUT2D eigenvalue weighted by Crippen LogP contribution is 2.38. The molecule has 0 amide bonds. The molecule has 1 saturated heterocycles. The summed E-state index contributed by atoms with van der Waals surface area (Å²) in [7, 11) is 2.22. The van der Waals surface area contributed by atoms with Gasteiger partial charge in [0, 0.05) is 37.3 Å². The van der Waals surface area contributed by atoms with E-state index in [9.17, 15) is 0 Å². The molecular weight excluding hydrogens is 198 g/mol. The van der Waals surface area contributed by atoms with Crippen molar-refractivity contribution in [2.24, 2.45) is 11.7 Å². The SMILES string of the molecule is CN1CCN(CC(C)(N)C2CC2)CC1(C)C. The van der Waals surface area contributed by atoms with E-state index < -0.39 is 0 Å². The molecule has 0 aromatic rings. The van der Waals surface area contributed by atoms with Crippen molar-refractivity contribution in [3.63, 3.8) is 0 Å². The molecule has 1 aliphatic heterocycles. The normalized spacial score (nSPS) is 31.3. The third kappa shape index (κ3) is 2.58. The first kappa shape index (κ1) is 12.3. The molecule has 0 aromatic heterocycles. The van der Waals surface area contributed by atoms with E-state index in [0.29, 0.717) is 0 Å². The predicted octanol–water partition coefficient (Wildman–Crippen LogP) is 1.14. The molecule has 1 heterocycles. The Morgan fingerprint density at radius 3 is 2.44 bits per heavy atom. The maximum Gasteiger partial charge on any atom is 0.0283 e. The molecule has 2 fully saturated rings. The summed E-state index contributed by atoms with van der Waals surface area (Å²) in [5, 5.41) is 0. The van der Waals surface area contributed by atoms with Gasteiger partial charge >= 0.3 is 0 Å². The molecule has 2 N–H and O–H groups in total. The first-order valence-corrected chi connectivity index (χ1v) is 6.54. The molecule has 94 valence electrons. The van der Waals surface area contributed by atoms with Crippen LogP contribution >= 0.6 is 0 Å². The smallest absolute Gasteiger partial charge is 0.0283 e. The lowest BCUT2D eigenvalue weighted by Gasteiger charge is -2.47. The van der Waals surface area contributed by atoms with E-state index >= 15 is 0 Å². The number of nitrogens with zero attached hydrogens (tertiary/aromatic N) is 2. The zero-order valence-corrected chi connectivity index (χ0v) is 11.3. The standard InChI is InChI=1S/C13H27N3/c1-12(2)9-16(8-7-15(12)4)10-13(3,14)11-5-6-11/h11H,5-10,14H2,1-4H3. The summed E-state index contributed by atoms with van der Waals surface area (Å²) in [6.07, 6.45) is 2.67. The zero-order chi connectivity index (χ0) is 12.0. The Morgan fingerprint density at radius 1 is 1.31 bits per heavy atom. The average molecular weight is 225 g/mol. The Hall–Kier alpha value is -0.120. The summed E-state index contributed by atoms with van der Waals surface area (Å²) in [4.78, 5) is 5.01. The van der Waals surface area contributed by atoms with E-state index in [-0.39, 0.29) is 11.1 Å². The van der Waals surface area contributed by atoms with Gasteiger partial charge < -0.3 is 5.73 Å². The third-order valence-electron chi connectivity index (χ3n) is 4.47. The van der Waals surface area contributed by atoms with Gasteiger partial charge in [-0.2, -0.15) is 0 Å². The predicted molar refractivity (Wildman–Crippen MR) is 68.5 cm³/mol. The van der Waals surface area contributed by atoms with Crippen molar-refractivity contribution in [3.05, 3.63) is 0 Å². The average Bonchev–Trinajstić information content (AvgIpc) is 2.93. The van der Waals surface area contributed by atoms with Crippen LogP contribution < -0.4 is 5.73 Å². The molecule has 3 nitrogen and oxygen atoms in total. The van der Waals surface area contributed by atoms with Gasteiger partial charge in [0.15, 0.2) is 0 Å². The van der Waals surface area contributed by atoms with E-state index in [1.807, 2.05) is 0 Å². The maximum absolute atomic E-state index is 6.42. The second-order valence-corrected chi connectivity index (χ2v) is 6.72. The lowest BCUT2D eigenvalue weighted by Crippen LogP contribution is -2.61. The number of piperazine rings is 1. The van der Waals surface area contributed by atoms with Gasteiger partial charge in [0.2, 0.25) is 0 Å². The summed E-state index contributed by atoms with van der Waals surface area (Å²) in [6.45, 7) is 11.4. The summed E-state index contributed by atoms with van der Waals surface area (Å²) in [5.41, 5.74) is 6.74. The highest BCUT2D eigenvalue weighted by Gasteiger charge is 2.41. The third-order valence-corrected chi connectivity index (χ3v) is 4.47. The second kappa shape index (κ2) is 3.97. The fraction of sp³-hybridized carbons (Fsp3) is 1.00. The van der Waals surface area contributed by atoms with Gasteiger partial charge in [-0.3, -0.25) is 9.80 Å². The van der Waals surface area contributed by atoms with Crippen molar-refractivity contribution in [2.45, 2.75) is 44.7 Å². The van der Waals surface area contributed by atoms with Crippen LogP contribution in [0.2, 0.25) is 0 Å². The fourth-order valence-corrected chi connectivity index (χ4v) is 2.83. The molecule has 0 aromatic carbocycles. The van der Waals surface area contributed by atoms with Crippen molar-refractivity contribution in [1.29, 1.82) is 0 Å². The largest absolute Gasteiger partial charge is 0.324 e. The number of likely N-dealkylation sites (N-methyl/N-ethyl adjacent to an activating group) is 1. The number of hydrogen-bond donors (Lipinski definition) is 1. The van der Waals surface area contributed by atoms with Crippen LogP contribution in [0, 0.1) is 5.92 Å². The Labute approximate surface area is 100.0 Å². The van der Waals surface area contributed by atoms with Gasteiger partial charge in [0.05, 0.1) is 0 Å². The van der Waals surface area contributed by atoms with Crippen molar-refractivity contribution < 1.29 is 0 Å². The van der Waals surface area contributed by atoms with E-state index in [1.54, 1.807) is 0 Å². The highest BCUT2D eigenvalue weighted by atomic mass is 15.3. The van der Waals surface area contributed by atoms with Gasteiger partial charge in [-0.15, -0.1) is 0 Å². The Morgan fingerprint density at radius 2 is 1.94 bits per heavy atom. The first-order valence-electron chi connectivity index (χ1n) is 6.54. The molecule has 2 aliphatic rings. The Balaban J connectivity index is 1.91. The van der Waals surface area contributed by atoms with Crippen LogP contribution in [0.3, 0.4) is 0 Å². The fourth-order valence-electron chi connectivity index (χ4n) is 2.83. The molecule has 1 aliphatic carbocycles. The van der Waals surface area contributed by atoms with Crippen LogP contribution in [-0.4, -0.2) is 54.1 Å². The van der Waals surface area contributed by atoms with Crippen molar-refractivity contribution in [1.82, 2.24) is 9.80 Å². The minimum absolute atomic E-state index is 0.0337. The highest BCUT2D eigenvalue weighted by molar-refractivity contribution is 4.99. The van der Waals surface area contributed by atoms with Gasteiger partial charge in [-0.25, -0.2) is 0 Å². The number of nitrogens with two attached hydrogens (primary N) is 1. The van der Waals surface area contributed by atoms with E-state index in [2.05, 4.69) is 37.6 Å². The van der Waals surface area contributed by atoms with Crippen LogP contribution in [0.4, 0.5) is 0 Å². The van der Waals surface area contributed by atoms with Gasteiger partial charge in [0.25, 0.3) is 0 Å². The van der Waals surface area contributed by atoms with Crippen LogP contribution in [0.5, 0.6) is 0 Å². The van der Waals surface area contributed by atoms with Gasteiger partial charge in [-0.1, -0.05) is 0 Å². The Kier molecular flexibility index (Phi) is 3.06. The Bertz CT molecular complexity index is 256. The molecule has 16 heavy (non-hydrogen) atoms. The van der Waals surface area contributed by atoms with Gasteiger partial charge in [-0.05, 0) is 46.6 Å². The molecule has 1 saturated carbocycles. The molecule has 0 radical (unpaired) electrons. The zero-order valence-electron chi connectivity index (χ0n) is 11.3. The summed E-state index contributed by atoms with van der Waals surface area (Å²) in [6, 6.07) is 0. The maximum atomic E-state index is 6.42. The molecule has 0 spiro atoms. The minimum Gasteiger partial charge on any atom is -0.324 e. The van der Waals surface area contributed by atoms with Crippen LogP contribution in [-0.2, 0) is 0 Å². The van der Waals surface area contributed by atoms with Crippen LogP contribution in [0.15, 0.2) is 0 Å².